The molecule has 0 unspecified atom stereocenters. The molecule has 1 atom stereocenters. The van der Waals surface area contributed by atoms with Crippen molar-refractivity contribution in [3.05, 3.63) is 110 Å². The molecule has 1 saturated carbocycles. The van der Waals surface area contributed by atoms with E-state index in [1.54, 1.807) is 13.3 Å². The lowest BCUT2D eigenvalue weighted by atomic mass is 10.0. The standard InChI is InChI=1S/C27H25F3N4O/c1-15-8-18(4-7-25(15)33-13-16(2)31-14-33)9-21-12-24(19-5-6-19)32-34(27(21)35)17(3)20-10-22(28)26(30)23(29)11-20/h4,7-8,10-14,17,19H,5-6,9H2,1-3H3/t17-/m0/s1. The summed E-state index contributed by atoms with van der Waals surface area (Å²) in [6, 6.07) is 8.93. The third-order valence-electron chi connectivity index (χ3n) is 6.52. The number of halogens is 3. The van der Waals surface area contributed by atoms with E-state index in [9.17, 15) is 18.0 Å². The minimum absolute atomic E-state index is 0.144. The predicted molar refractivity (Wildman–Crippen MR) is 126 cm³/mol. The maximum atomic E-state index is 13.9. The molecule has 0 radical (unpaired) electrons. The Hall–Kier alpha value is -3.68. The minimum atomic E-state index is -1.53. The second-order valence-corrected chi connectivity index (χ2v) is 9.31. The minimum Gasteiger partial charge on any atom is -0.306 e. The van der Waals surface area contributed by atoms with Crippen LogP contribution in [0.2, 0.25) is 0 Å². The third kappa shape index (κ3) is 4.52. The molecule has 1 fully saturated rings. The van der Waals surface area contributed by atoms with E-state index >= 15 is 0 Å². The first-order valence-electron chi connectivity index (χ1n) is 11.6. The average Bonchev–Trinajstić information content (AvgIpc) is 3.59. The topological polar surface area (TPSA) is 52.7 Å². The fraction of sp³-hybridized carbons (Fsp3) is 0.296. The number of aromatic nitrogens is 4. The molecular weight excluding hydrogens is 453 g/mol. The average molecular weight is 479 g/mol. The molecule has 0 bridgehead atoms. The summed E-state index contributed by atoms with van der Waals surface area (Å²) < 4.78 is 44.4. The van der Waals surface area contributed by atoms with Gasteiger partial charge in [0.15, 0.2) is 17.5 Å². The van der Waals surface area contributed by atoms with E-state index in [1.165, 1.54) is 4.68 Å². The van der Waals surface area contributed by atoms with E-state index < -0.39 is 23.5 Å². The van der Waals surface area contributed by atoms with Gasteiger partial charge in [-0.05, 0) is 74.6 Å². The molecule has 0 aliphatic heterocycles. The van der Waals surface area contributed by atoms with Crippen LogP contribution in [0.15, 0.2) is 53.7 Å². The normalized spacial score (nSPS) is 14.3. The Balaban J connectivity index is 1.52. The Labute approximate surface area is 200 Å². The summed E-state index contributed by atoms with van der Waals surface area (Å²) in [4.78, 5) is 17.7. The number of benzene rings is 2. The van der Waals surface area contributed by atoms with Gasteiger partial charge in [-0.25, -0.2) is 22.8 Å². The van der Waals surface area contributed by atoms with Gasteiger partial charge >= 0.3 is 0 Å². The van der Waals surface area contributed by atoms with Crippen LogP contribution in [0.5, 0.6) is 0 Å². The molecule has 5 nitrogen and oxygen atoms in total. The van der Waals surface area contributed by atoms with Gasteiger partial charge in [0.25, 0.3) is 5.56 Å². The zero-order valence-electron chi connectivity index (χ0n) is 19.7. The first-order valence-corrected chi connectivity index (χ1v) is 11.6. The maximum Gasteiger partial charge on any atom is 0.270 e. The molecule has 5 rings (SSSR count). The Morgan fingerprint density at radius 1 is 1.06 bits per heavy atom. The van der Waals surface area contributed by atoms with E-state index in [1.807, 2.05) is 48.9 Å². The van der Waals surface area contributed by atoms with Gasteiger partial charge in [0.05, 0.1) is 23.8 Å². The highest BCUT2D eigenvalue weighted by atomic mass is 19.2. The lowest BCUT2D eigenvalue weighted by Gasteiger charge is -2.18. The van der Waals surface area contributed by atoms with Crippen molar-refractivity contribution < 1.29 is 13.2 Å². The molecule has 8 heteroatoms. The van der Waals surface area contributed by atoms with Crippen LogP contribution in [0.4, 0.5) is 13.2 Å². The largest absolute Gasteiger partial charge is 0.306 e. The van der Waals surface area contributed by atoms with Gasteiger partial charge < -0.3 is 4.57 Å². The SMILES string of the molecule is Cc1cn(-c2ccc(Cc3cc(C4CC4)nn([C@@H](C)c4cc(F)c(F)c(F)c4)c3=O)cc2C)cn1. The Morgan fingerprint density at radius 3 is 2.37 bits per heavy atom. The second kappa shape index (κ2) is 8.83. The quantitative estimate of drug-likeness (QED) is 0.342. The number of hydrogen-bond acceptors (Lipinski definition) is 3. The molecule has 0 N–H and O–H groups in total. The van der Waals surface area contributed by atoms with Gasteiger partial charge in [0.2, 0.25) is 0 Å². The lowest BCUT2D eigenvalue weighted by Crippen LogP contribution is -2.30. The molecule has 1 aliphatic carbocycles. The third-order valence-corrected chi connectivity index (χ3v) is 6.52. The summed E-state index contributed by atoms with van der Waals surface area (Å²) in [6.07, 6.45) is 6.08. The summed E-state index contributed by atoms with van der Waals surface area (Å²) in [7, 11) is 0. The van der Waals surface area contributed by atoms with E-state index in [4.69, 9.17) is 0 Å². The van der Waals surface area contributed by atoms with Crippen LogP contribution in [0, 0.1) is 31.3 Å². The Morgan fingerprint density at radius 2 is 1.77 bits per heavy atom. The summed E-state index contributed by atoms with van der Waals surface area (Å²) in [5.74, 6) is -3.84. The fourth-order valence-corrected chi connectivity index (χ4v) is 4.40. The number of rotatable bonds is 6. The van der Waals surface area contributed by atoms with Crippen molar-refractivity contribution in [3.8, 4) is 5.69 Å². The fourth-order valence-electron chi connectivity index (χ4n) is 4.40. The van der Waals surface area contributed by atoms with Crippen LogP contribution in [-0.4, -0.2) is 19.3 Å². The van der Waals surface area contributed by atoms with Gasteiger partial charge in [-0.15, -0.1) is 0 Å². The van der Waals surface area contributed by atoms with Gasteiger partial charge in [-0.2, -0.15) is 5.10 Å². The van der Waals surface area contributed by atoms with Gasteiger partial charge in [0.1, 0.15) is 0 Å². The number of imidazole rings is 1. The molecule has 2 aromatic carbocycles. The zero-order chi connectivity index (χ0) is 24.9. The van der Waals surface area contributed by atoms with Crippen molar-refractivity contribution >= 4 is 0 Å². The Bertz CT molecular complexity index is 1460. The lowest BCUT2D eigenvalue weighted by molar-refractivity contribution is 0.438. The molecule has 180 valence electrons. The molecule has 2 aromatic heterocycles. The smallest absolute Gasteiger partial charge is 0.270 e. The molecular formula is C27H25F3N4O. The maximum absolute atomic E-state index is 13.9. The highest BCUT2D eigenvalue weighted by Gasteiger charge is 2.28. The number of hydrogen-bond donors (Lipinski definition) is 0. The Kier molecular flexibility index (Phi) is 5.83. The molecule has 2 heterocycles. The van der Waals surface area contributed by atoms with E-state index in [-0.39, 0.29) is 17.0 Å². The molecule has 4 aromatic rings. The first kappa shape index (κ1) is 23.1. The van der Waals surface area contributed by atoms with Crippen LogP contribution in [-0.2, 0) is 6.42 Å². The van der Waals surface area contributed by atoms with Crippen molar-refractivity contribution in [2.45, 2.75) is 52.0 Å². The molecule has 0 amide bonds. The molecule has 35 heavy (non-hydrogen) atoms. The van der Waals surface area contributed by atoms with Gasteiger partial charge in [0, 0.05) is 29.8 Å². The molecule has 1 aliphatic rings. The van der Waals surface area contributed by atoms with Gasteiger partial charge in [-0.1, -0.05) is 12.1 Å². The van der Waals surface area contributed by atoms with E-state index in [0.717, 1.165) is 53.2 Å². The predicted octanol–water partition coefficient (Wildman–Crippen LogP) is 5.54. The zero-order valence-corrected chi connectivity index (χ0v) is 19.7. The summed E-state index contributed by atoms with van der Waals surface area (Å²) >= 11 is 0. The van der Waals surface area contributed by atoms with Crippen LogP contribution >= 0.6 is 0 Å². The van der Waals surface area contributed by atoms with E-state index in [0.29, 0.717) is 12.0 Å². The van der Waals surface area contributed by atoms with Crippen molar-refractivity contribution in [2.24, 2.45) is 0 Å². The number of aryl methyl sites for hydroxylation is 2. The van der Waals surface area contributed by atoms with Crippen LogP contribution < -0.4 is 5.56 Å². The monoisotopic (exact) mass is 478 g/mol. The van der Waals surface area contributed by atoms with E-state index in [2.05, 4.69) is 10.1 Å². The van der Waals surface area contributed by atoms with Crippen LogP contribution in [0.25, 0.3) is 5.69 Å². The van der Waals surface area contributed by atoms with Crippen molar-refractivity contribution in [1.29, 1.82) is 0 Å². The molecule has 0 spiro atoms. The summed E-state index contributed by atoms with van der Waals surface area (Å²) in [6.45, 7) is 5.57. The highest BCUT2D eigenvalue weighted by molar-refractivity contribution is 5.44. The second-order valence-electron chi connectivity index (χ2n) is 9.31. The number of nitrogens with zero attached hydrogens (tertiary/aromatic N) is 4. The highest BCUT2D eigenvalue weighted by Crippen LogP contribution is 2.39. The first-order chi connectivity index (χ1) is 16.7. The summed E-state index contributed by atoms with van der Waals surface area (Å²) in [5.41, 5.74) is 5.10. The van der Waals surface area contributed by atoms with Crippen molar-refractivity contribution in [2.75, 3.05) is 0 Å². The van der Waals surface area contributed by atoms with Gasteiger partial charge in [-0.3, -0.25) is 4.79 Å². The van der Waals surface area contributed by atoms with Crippen molar-refractivity contribution in [1.82, 2.24) is 19.3 Å². The molecule has 0 saturated heterocycles. The van der Waals surface area contributed by atoms with Crippen LogP contribution in [0.3, 0.4) is 0 Å². The van der Waals surface area contributed by atoms with Crippen LogP contribution in [0.1, 0.15) is 65.4 Å². The van der Waals surface area contributed by atoms with Crippen molar-refractivity contribution in [3.63, 3.8) is 0 Å². The summed E-state index contributed by atoms with van der Waals surface area (Å²) in [5, 5.41) is 4.52.